The highest BCUT2D eigenvalue weighted by atomic mass is 16.1. The van der Waals surface area contributed by atoms with Crippen LogP contribution in [0.2, 0.25) is 0 Å². The summed E-state index contributed by atoms with van der Waals surface area (Å²) in [5.74, 6) is -0.0533. The Labute approximate surface area is 161 Å². The first-order chi connectivity index (χ1) is 13.2. The predicted octanol–water partition coefficient (Wildman–Crippen LogP) is 5.13. The smallest absolute Gasteiger partial charge is 0.251 e. The van der Waals surface area contributed by atoms with Crippen LogP contribution in [0.5, 0.6) is 0 Å². The second-order valence-electron chi connectivity index (χ2n) is 6.46. The van der Waals surface area contributed by atoms with E-state index in [0.29, 0.717) is 12.1 Å². The van der Waals surface area contributed by atoms with Gasteiger partial charge >= 0.3 is 0 Å². The van der Waals surface area contributed by atoms with E-state index in [1.54, 1.807) is 0 Å². The van der Waals surface area contributed by atoms with Gasteiger partial charge in [-0.1, -0.05) is 54.6 Å². The van der Waals surface area contributed by atoms with Crippen LogP contribution in [0.15, 0.2) is 78.9 Å². The Balaban J connectivity index is 1.59. The summed E-state index contributed by atoms with van der Waals surface area (Å²) >= 11 is 0. The van der Waals surface area contributed by atoms with Gasteiger partial charge in [0.25, 0.3) is 5.91 Å². The van der Waals surface area contributed by atoms with E-state index < -0.39 is 0 Å². The van der Waals surface area contributed by atoms with Gasteiger partial charge in [-0.25, -0.2) is 0 Å². The molecule has 1 N–H and O–H groups in total. The summed E-state index contributed by atoms with van der Waals surface area (Å²) in [6.45, 7) is 6.82. The molecule has 0 radical (unpaired) electrons. The maximum absolute atomic E-state index is 12.4. The molecule has 0 aliphatic heterocycles. The minimum absolute atomic E-state index is 0.0533. The van der Waals surface area contributed by atoms with E-state index in [-0.39, 0.29) is 5.91 Å². The molecular formula is C24H26N2O. The Morgan fingerprint density at radius 1 is 0.778 bits per heavy atom. The fourth-order valence-corrected chi connectivity index (χ4v) is 3.14. The van der Waals surface area contributed by atoms with E-state index in [1.807, 2.05) is 42.5 Å². The normalized spacial score (nSPS) is 10.4. The molecule has 3 heteroatoms. The van der Waals surface area contributed by atoms with Gasteiger partial charge in [-0.15, -0.1) is 0 Å². The summed E-state index contributed by atoms with van der Waals surface area (Å²) in [6.07, 6.45) is 0. The van der Waals surface area contributed by atoms with Crippen LogP contribution in [0.25, 0.3) is 11.1 Å². The van der Waals surface area contributed by atoms with Crippen molar-refractivity contribution in [3.05, 3.63) is 90.0 Å². The van der Waals surface area contributed by atoms with Crippen molar-refractivity contribution in [2.45, 2.75) is 20.4 Å². The van der Waals surface area contributed by atoms with Crippen molar-refractivity contribution in [2.75, 3.05) is 18.0 Å². The second-order valence-corrected chi connectivity index (χ2v) is 6.46. The molecule has 3 aromatic carbocycles. The Kier molecular flexibility index (Phi) is 6.26. The van der Waals surface area contributed by atoms with Crippen molar-refractivity contribution in [3.8, 4) is 11.1 Å². The maximum Gasteiger partial charge on any atom is 0.251 e. The lowest BCUT2D eigenvalue weighted by Crippen LogP contribution is -2.23. The van der Waals surface area contributed by atoms with Crippen molar-refractivity contribution in [1.29, 1.82) is 0 Å². The SMILES string of the molecule is CCN(CC)c1ccc(CNC(=O)c2ccc(-c3ccccc3)cc2)cc1. The Hall–Kier alpha value is -3.07. The molecular weight excluding hydrogens is 332 g/mol. The highest BCUT2D eigenvalue weighted by Crippen LogP contribution is 2.19. The fraction of sp³-hybridized carbons (Fsp3) is 0.208. The number of carbonyl (C=O) groups excluding carboxylic acids is 1. The van der Waals surface area contributed by atoms with Crippen LogP contribution in [0.4, 0.5) is 5.69 Å². The van der Waals surface area contributed by atoms with E-state index in [2.05, 4.69) is 60.5 Å². The van der Waals surface area contributed by atoms with E-state index in [4.69, 9.17) is 0 Å². The Morgan fingerprint density at radius 2 is 1.37 bits per heavy atom. The molecule has 0 aliphatic rings. The second kappa shape index (κ2) is 9.04. The van der Waals surface area contributed by atoms with Gasteiger partial charge in [0.05, 0.1) is 0 Å². The molecule has 3 rings (SSSR count). The maximum atomic E-state index is 12.4. The van der Waals surface area contributed by atoms with Crippen LogP contribution in [-0.2, 0) is 6.54 Å². The van der Waals surface area contributed by atoms with Crippen LogP contribution < -0.4 is 10.2 Å². The third kappa shape index (κ3) is 4.76. The number of anilines is 1. The molecule has 3 aromatic rings. The lowest BCUT2D eigenvalue weighted by Gasteiger charge is -2.21. The number of rotatable bonds is 7. The average molecular weight is 358 g/mol. The molecule has 0 aromatic heterocycles. The minimum Gasteiger partial charge on any atom is -0.372 e. The number of hydrogen-bond donors (Lipinski definition) is 1. The molecule has 1 amide bonds. The van der Waals surface area contributed by atoms with Crippen molar-refractivity contribution in [2.24, 2.45) is 0 Å². The zero-order chi connectivity index (χ0) is 19.1. The Morgan fingerprint density at radius 3 is 1.96 bits per heavy atom. The molecule has 0 aliphatic carbocycles. The molecule has 0 saturated carbocycles. The van der Waals surface area contributed by atoms with Crippen molar-refractivity contribution >= 4 is 11.6 Å². The van der Waals surface area contributed by atoms with Gasteiger partial charge in [-0.3, -0.25) is 4.79 Å². The number of nitrogens with zero attached hydrogens (tertiary/aromatic N) is 1. The van der Waals surface area contributed by atoms with Gasteiger partial charge in [0.1, 0.15) is 0 Å². The molecule has 0 heterocycles. The predicted molar refractivity (Wildman–Crippen MR) is 113 cm³/mol. The van der Waals surface area contributed by atoms with Gasteiger partial charge in [0.2, 0.25) is 0 Å². The number of amides is 1. The molecule has 27 heavy (non-hydrogen) atoms. The number of benzene rings is 3. The molecule has 0 fully saturated rings. The van der Waals surface area contributed by atoms with Crippen LogP contribution in [0.3, 0.4) is 0 Å². The fourth-order valence-electron chi connectivity index (χ4n) is 3.14. The molecule has 0 unspecified atom stereocenters. The summed E-state index contributed by atoms with van der Waals surface area (Å²) in [4.78, 5) is 14.7. The first-order valence-electron chi connectivity index (χ1n) is 9.48. The van der Waals surface area contributed by atoms with Crippen LogP contribution >= 0.6 is 0 Å². The van der Waals surface area contributed by atoms with Crippen LogP contribution in [0, 0.1) is 0 Å². The summed E-state index contributed by atoms with van der Waals surface area (Å²) < 4.78 is 0. The lowest BCUT2D eigenvalue weighted by atomic mass is 10.0. The van der Waals surface area contributed by atoms with E-state index in [0.717, 1.165) is 29.8 Å². The Bertz CT molecular complexity index is 851. The minimum atomic E-state index is -0.0533. The molecule has 0 saturated heterocycles. The van der Waals surface area contributed by atoms with E-state index >= 15 is 0 Å². The van der Waals surface area contributed by atoms with Crippen molar-refractivity contribution in [1.82, 2.24) is 5.32 Å². The molecule has 3 nitrogen and oxygen atoms in total. The highest BCUT2D eigenvalue weighted by molar-refractivity contribution is 5.94. The quantitative estimate of drug-likeness (QED) is 0.635. The van der Waals surface area contributed by atoms with Crippen molar-refractivity contribution in [3.63, 3.8) is 0 Å². The van der Waals surface area contributed by atoms with Gasteiger partial charge in [-0.05, 0) is 54.8 Å². The van der Waals surface area contributed by atoms with Gasteiger partial charge in [-0.2, -0.15) is 0 Å². The number of nitrogens with one attached hydrogen (secondary N) is 1. The molecule has 0 bridgehead atoms. The zero-order valence-corrected chi connectivity index (χ0v) is 16.0. The van der Waals surface area contributed by atoms with Crippen LogP contribution in [0.1, 0.15) is 29.8 Å². The average Bonchev–Trinajstić information content (AvgIpc) is 2.74. The zero-order valence-electron chi connectivity index (χ0n) is 16.0. The summed E-state index contributed by atoms with van der Waals surface area (Å²) in [6, 6.07) is 26.3. The first kappa shape index (κ1) is 18.7. The number of hydrogen-bond acceptors (Lipinski definition) is 2. The van der Waals surface area contributed by atoms with E-state index in [1.165, 1.54) is 5.69 Å². The monoisotopic (exact) mass is 358 g/mol. The number of carbonyl (C=O) groups is 1. The molecule has 138 valence electrons. The lowest BCUT2D eigenvalue weighted by molar-refractivity contribution is 0.0951. The van der Waals surface area contributed by atoms with Crippen molar-refractivity contribution < 1.29 is 4.79 Å². The third-order valence-electron chi connectivity index (χ3n) is 4.77. The van der Waals surface area contributed by atoms with Gasteiger partial charge < -0.3 is 10.2 Å². The van der Waals surface area contributed by atoms with Crippen LogP contribution in [-0.4, -0.2) is 19.0 Å². The molecule has 0 atom stereocenters. The molecule has 0 spiro atoms. The largest absolute Gasteiger partial charge is 0.372 e. The standard InChI is InChI=1S/C24H26N2O/c1-3-26(4-2)23-16-10-19(11-17-23)18-25-24(27)22-14-12-21(13-15-22)20-8-6-5-7-9-20/h5-17H,3-4,18H2,1-2H3,(H,25,27). The highest BCUT2D eigenvalue weighted by Gasteiger charge is 2.07. The first-order valence-corrected chi connectivity index (χ1v) is 9.48. The van der Waals surface area contributed by atoms with E-state index in [9.17, 15) is 4.79 Å². The summed E-state index contributed by atoms with van der Waals surface area (Å²) in [7, 11) is 0. The third-order valence-corrected chi connectivity index (χ3v) is 4.77. The van der Waals surface area contributed by atoms with Gasteiger partial charge in [0.15, 0.2) is 0 Å². The van der Waals surface area contributed by atoms with Gasteiger partial charge in [0, 0.05) is 30.9 Å². The topological polar surface area (TPSA) is 32.3 Å². The summed E-state index contributed by atoms with van der Waals surface area (Å²) in [5, 5.41) is 3.00. The summed E-state index contributed by atoms with van der Waals surface area (Å²) in [5.41, 5.74) is 5.25.